The molecule has 12 rings (SSSR count). The average molecular weight is 758 g/mol. The van der Waals surface area contributed by atoms with Gasteiger partial charge in [-0.05, 0) is 88.8 Å². The van der Waals surface area contributed by atoms with E-state index in [1.807, 2.05) is 0 Å². The summed E-state index contributed by atoms with van der Waals surface area (Å²) in [6.45, 7) is 0. The molecule has 3 heterocycles. The molecule has 0 aliphatic carbocycles. The Labute approximate surface area is 374 Å². The Morgan fingerprint density at radius 3 is 1.30 bits per heavy atom. The lowest BCUT2D eigenvalue weighted by Crippen LogP contribution is -1.98. The number of hydrogen-bond donors (Lipinski definition) is 0. The highest BCUT2D eigenvalue weighted by molar-refractivity contribution is 6.17. The van der Waals surface area contributed by atoms with Crippen LogP contribution in [0.5, 0.6) is 0 Å². The Hall–Kier alpha value is -7.62. The summed E-state index contributed by atoms with van der Waals surface area (Å²) in [5.41, 5.74) is -7.87. The van der Waals surface area contributed by atoms with Crippen LogP contribution in [0.2, 0.25) is 0 Å². The van der Waals surface area contributed by atoms with Crippen molar-refractivity contribution < 1.29 is 43.9 Å². The van der Waals surface area contributed by atoms with Crippen LogP contribution in [0.15, 0.2) is 212 Å². The smallest absolute Gasteiger partial charge is 0.0667 e. The summed E-state index contributed by atoms with van der Waals surface area (Å²) in [6.07, 6.45) is 0. The molecule has 3 nitrogen and oxygen atoms in total. The molecule has 0 aliphatic rings. The first kappa shape index (κ1) is 13.5. The van der Waals surface area contributed by atoms with E-state index >= 15 is 0 Å². The first-order valence-electron chi connectivity index (χ1n) is 33.0. The summed E-state index contributed by atoms with van der Waals surface area (Å²) in [6, 6.07) is -25.6. The van der Waals surface area contributed by atoms with Crippen molar-refractivity contribution in [3.63, 3.8) is 0 Å². The van der Waals surface area contributed by atoms with E-state index in [1.165, 1.54) is 0 Å². The van der Waals surface area contributed by atoms with Crippen molar-refractivity contribution in [1.29, 1.82) is 0 Å². The summed E-state index contributed by atoms with van der Waals surface area (Å²) in [5, 5.41) is -3.56. The second-order valence-corrected chi connectivity index (χ2v) is 12.6. The van der Waals surface area contributed by atoms with E-state index in [1.54, 1.807) is 0 Å². The van der Waals surface area contributed by atoms with Gasteiger partial charge in [-0.15, -0.1) is 0 Å². The molecule has 0 bridgehead atoms. The number of aromatic nitrogens is 3. The lowest BCUT2D eigenvalue weighted by molar-refractivity contribution is 1.16. The first-order chi connectivity index (χ1) is 41.6. The maximum atomic E-state index is 10.3. The van der Waals surface area contributed by atoms with Gasteiger partial charge in [0.25, 0.3) is 0 Å². The summed E-state index contributed by atoms with van der Waals surface area (Å²) < 4.78 is 294. The highest BCUT2D eigenvalue weighted by Crippen LogP contribution is 2.42. The molecule has 0 saturated heterocycles. The van der Waals surface area contributed by atoms with Gasteiger partial charge < -0.3 is 13.7 Å². The molecular formula is C54H35N3. The molecule has 57 heavy (non-hydrogen) atoms. The van der Waals surface area contributed by atoms with Crippen molar-refractivity contribution in [2.45, 2.75) is 0 Å². The number of fused-ring (bicyclic) bond motifs is 9. The van der Waals surface area contributed by atoms with E-state index in [4.69, 9.17) is 27.4 Å². The van der Waals surface area contributed by atoms with Crippen molar-refractivity contribution in [3.05, 3.63) is 212 Å². The van der Waals surface area contributed by atoms with Crippen LogP contribution in [0.4, 0.5) is 0 Å². The molecule has 0 amide bonds. The third kappa shape index (κ3) is 4.79. The summed E-state index contributed by atoms with van der Waals surface area (Å²) in [5.74, 6) is 0. The van der Waals surface area contributed by atoms with Crippen LogP contribution in [0.25, 0.3) is 105 Å². The second kappa shape index (κ2) is 12.5. The summed E-state index contributed by atoms with van der Waals surface area (Å²) in [7, 11) is 0. The van der Waals surface area contributed by atoms with Crippen molar-refractivity contribution in [2.75, 3.05) is 0 Å². The summed E-state index contributed by atoms with van der Waals surface area (Å²) in [4.78, 5) is 0. The predicted octanol–water partition coefficient (Wildman–Crippen LogP) is 14.3. The SMILES string of the molecule is [2H]c1c([2H])c([2H])c(-c2cc(-c3c([2H])c([2H])c([2H])c([2H])c3[2H])cc(-n3c4c([2H])c([2H])c([2H])c([2H])c4c4c(-n5c6c([2H])c([2H])c([2H])c([2H])c6c6c([2H])c([2H])c(-n7c8c([2H])c([2H])c([2H])c([2H])c8c8c([2H])c([2H])c([2H])c([2H])c87)c([2H])c65)c([2H])c([2H])c([2H])c43)c2)c([2H])c1[2H]. The first-order valence-corrected chi connectivity index (χ1v) is 17.0. The number of benzene rings is 9. The number of nitrogens with zero attached hydrogens (tertiary/aromatic N) is 3. The van der Waals surface area contributed by atoms with Gasteiger partial charge in [-0.25, -0.2) is 0 Å². The number of para-hydroxylation sites is 4. The maximum absolute atomic E-state index is 10.3. The van der Waals surface area contributed by atoms with Crippen LogP contribution in [0, 0.1) is 0 Å². The lowest BCUT2D eigenvalue weighted by Gasteiger charge is -2.15. The molecule has 0 saturated carbocycles. The Bertz CT molecular complexity index is 5180. The minimum Gasteiger partial charge on any atom is -0.309 e. The molecule has 266 valence electrons. The highest BCUT2D eigenvalue weighted by atomic mass is 15.0. The minimum atomic E-state index is -1.07. The van der Waals surface area contributed by atoms with Gasteiger partial charge in [0, 0.05) is 43.7 Å². The van der Waals surface area contributed by atoms with Gasteiger partial charge >= 0.3 is 0 Å². The predicted molar refractivity (Wildman–Crippen MR) is 240 cm³/mol. The maximum Gasteiger partial charge on any atom is 0.0667 e. The lowest BCUT2D eigenvalue weighted by atomic mass is 9.98. The molecule has 12 aromatic rings. The molecule has 0 aliphatic heterocycles. The van der Waals surface area contributed by atoms with Crippen LogP contribution < -0.4 is 0 Å². The zero-order valence-corrected chi connectivity index (χ0v) is 28.6. The molecule has 9 aromatic carbocycles. The number of rotatable bonds is 5. The zero-order valence-electron chi connectivity index (χ0n) is 60.6. The van der Waals surface area contributed by atoms with E-state index in [0.717, 1.165) is 31.9 Å². The van der Waals surface area contributed by atoms with Crippen LogP contribution >= 0.6 is 0 Å². The van der Waals surface area contributed by atoms with E-state index < -0.39 is 287 Å². The molecule has 3 heteroatoms. The van der Waals surface area contributed by atoms with Gasteiger partial charge in [-0.1, -0.05) is 145 Å². The van der Waals surface area contributed by atoms with Crippen molar-refractivity contribution >= 4 is 65.4 Å². The average Bonchev–Trinajstić information content (AvgIpc) is 1.55. The normalized spacial score (nSPS) is 19.7. The third-order valence-corrected chi connectivity index (χ3v) is 9.58. The Morgan fingerprint density at radius 1 is 0.281 bits per heavy atom. The van der Waals surface area contributed by atoms with E-state index in [2.05, 4.69) is 0 Å². The summed E-state index contributed by atoms with van der Waals surface area (Å²) >= 11 is 0. The van der Waals surface area contributed by atoms with Gasteiger partial charge in [-0.2, -0.15) is 0 Å². The van der Waals surface area contributed by atoms with E-state index in [-0.39, 0.29) is 11.1 Å². The van der Waals surface area contributed by atoms with Gasteiger partial charge in [0.15, 0.2) is 0 Å². The highest BCUT2D eigenvalue weighted by Gasteiger charge is 2.21. The van der Waals surface area contributed by atoms with Crippen LogP contribution in [0.3, 0.4) is 0 Å². The largest absolute Gasteiger partial charge is 0.309 e. The monoisotopic (exact) mass is 757 g/mol. The zero-order chi connectivity index (χ0) is 65.3. The standard InChI is InChI=1S/C54H35N3/c1-3-16-36(17-4-1)38-32-39(37-18-5-2-6-19-37)34-41(33-38)56-50-27-14-10-23-46(50)54-51(56)28-15-29-52(54)57-49-26-13-9-22-44(49)45-31-30-40(35-53(45)57)55-47-24-11-7-20-42(47)43-21-8-12-25-48(43)55/h1-35H/i1D,2D,3D,4D,5D,6D,7D,8D,9D,10D,11D,12D,13D,14D,15D,16D,17D,18D,19D,20D,21D,22D,23D,24D,25D,26D,27D,28D,29D,30D,31D,35D. The van der Waals surface area contributed by atoms with Crippen molar-refractivity contribution in [3.8, 4) is 39.3 Å². The molecule has 0 N–H and O–H groups in total. The van der Waals surface area contributed by atoms with Crippen molar-refractivity contribution in [1.82, 2.24) is 13.7 Å². The Kier molecular flexibility index (Phi) is 2.96. The minimum absolute atomic E-state index is 0.342. The molecule has 0 fully saturated rings. The van der Waals surface area contributed by atoms with Crippen LogP contribution in [-0.4, -0.2) is 13.7 Å². The van der Waals surface area contributed by atoms with Crippen LogP contribution in [-0.2, 0) is 0 Å². The fourth-order valence-electron chi connectivity index (χ4n) is 7.28. The van der Waals surface area contributed by atoms with E-state index in [9.17, 15) is 16.4 Å². The number of hydrogen-bond acceptors (Lipinski definition) is 0. The molecule has 0 radical (unpaired) electrons. The molecular weight excluding hydrogens is 691 g/mol. The Balaban J connectivity index is 1.37. The van der Waals surface area contributed by atoms with Gasteiger partial charge in [-0.3, -0.25) is 0 Å². The quantitative estimate of drug-likeness (QED) is 0.166. The van der Waals surface area contributed by atoms with Gasteiger partial charge in [0.05, 0.1) is 82.7 Å². The molecule has 0 spiro atoms. The topological polar surface area (TPSA) is 14.8 Å². The van der Waals surface area contributed by atoms with E-state index in [0.29, 0.717) is 0 Å². The van der Waals surface area contributed by atoms with Gasteiger partial charge in [0.1, 0.15) is 0 Å². The molecule has 0 atom stereocenters. The van der Waals surface area contributed by atoms with Crippen LogP contribution in [0.1, 0.15) is 43.9 Å². The fraction of sp³-hybridized carbons (Fsp3) is 0. The third-order valence-electron chi connectivity index (χ3n) is 9.58. The fourth-order valence-corrected chi connectivity index (χ4v) is 7.28. The van der Waals surface area contributed by atoms with Crippen molar-refractivity contribution in [2.24, 2.45) is 0 Å². The molecule has 0 unspecified atom stereocenters. The Morgan fingerprint density at radius 2 is 0.719 bits per heavy atom. The molecule has 3 aromatic heterocycles. The van der Waals surface area contributed by atoms with Gasteiger partial charge in [0.2, 0.25) is 0 Å². The second-order valence-electron chi connectivity index (χ2n) is 12.6.